The molecule has 0 aliphatic carbocycles. The molecular formula is C10H12ClN5O3. The molecule has 1 aromatic rings. The highest BCUT2D eigenvalue weighted by atomic mass is 35.5. The highest BCUT2D eigenvalue weighted by Gasteiger charge is 2.25. The Morgan fingerprint density at radius 2 is 2.26 bits per heavy atom. The molecule has 9 heteroatoms. The van der Waals surface area contributed by atoms with E-state index in [4.69, 9.17) is 11.6 Å². The van der Waals surface area contributed by atoms with Gasteiger partial charge >= 0.3 is 5.69 Å². The lowest BCUT2D eigenvalue weighted by Crippen LogP contribution is -2.42. The van der Waals surface area contributed by atoms with Gasteiger partial charge in [0.1, 0.15) is 5.69 Å². The van der Waals surface area contributed by atoms with E-state index in [1.165, 1.54) is 6.92 Å². The maximum Gasteiger partial charge on any atom is 0.332 e. The molecule has 1 amide bonds. The smallest absolute Gasteiger partial charge is 0.332 e. The Morgan fingerprint density at radius 3 is 2.84 bits per heavy atom. The van der Waals surface area contributed by atoms with Crippen LogP contribution in [-0.4, -0.2) is 33.4 Å². The molecule has 1 saturated heterocycles. The molecule has 1 aliphatic heterocycles. The van der Waals surface area contributed by atoms with Crippen molar-refractivity contribution in [3.8, 4) is 0 Å². The van der Waals surface area contributed by atoms with Gasteiger partial charge in [0.15, 0.2) is 0 Å². The third-order valence-electron chi connectivity index (χ3n) is 2.82. The van der Waals surface area contributed by atoms with Crippen molar-refractivity contribution in [1.29, 1.82) is 0 Å². The van der Waals surface area contributed by atoms with Crippen LogP contribution in [0.25, 0.3) is 0 Å². The summed E-state index contributed by atoms with van der Waals surface area (Å²) in [6.45, 7) is 1.90. The molecular weight excluding hydrogens is 274 g/mol. The Kier molecular flexibility index (Phi) is 3.79. The SMILES string of the molecule is Cc1nc(Cl)nc(NC2CCC(=O)NC2)c1[N+](=O)[O-]. The van der Waals surface area contributed by atoms with E-state index in [2.05, 4.69) is 20.6 Å². The average Bonchev–Trinajstić information content (AvgIpc) is 2.30. The molecule has 19 heavy (non-hydrogen) atoms. The maximum absolute atomic E-state index is 11.1. The van der Waals surface area contributed by atoms with Crippen LogP contribution in [0, 0.1) is 17.0 Å². The number of halogens is 1. The molecule has 0 spiro atoms. The van der Waals surface area contributed by atoms with E-state index in [-0.39, 0.29) is 34.4 Å². The van der Waals surface area contributed by atoms with E-state index in [1.54, 1.807) is 0 Å². The van der Waals surface area contributed by atoms with Gasteiger partial charge in [-0.25, -0.2) is 4.98 Å². The van der Waals surface area contributed by atoms with E-state index >= 15 is 0 Å². The summed E-state index contributed by atoms with van der Waals surface area (Å²) >= 11 is 5.71. The van der Waals surface area contributed by atoms with Gasteiger partial charge in [-0.2, -0.15) is 4.98 Å². The van der Waals surface area contributed by atoms with Gasteiger partial charge in [-0.3, -0.25) is 14.9 Å². The zero-order chi connectivity index (χ0) is 14.0. The summed E-state index contributed by atoms with van der Waals surface area (Å²) in [5.74, 6) is 0.0631. The average molecular weight is 286 g/mol. The molecule has 1 unspecified atom stereocenters. The minimum absolute atomic E-state index is 0.0237. The number of nitro groups is 1. The van der Waals surface area contributed by atoms with E-state index < -0.39 is 4.92 Å². The van der Waals surface area contributed by atoms with Crippen LogP contribution in [0.2, 0.25) is 5.28 Å². The standard InChI is InChI=1S/C10H12ClN5O3/c1-5-8(16(18)19)9(15-10(11)13-5)14-6-2-3-7(17)12-4-6/h6H,2-4H2,1H3,(H,12,17)(H,13,14,15). The van der Waals surface area contributed by atoms with Crippen LogP contribution in [0.5, 0.6) is 0 Å². The van der Waals surface area contributed by atoms with Gasteiger partial charge in [-0.05, 0) is 24.9 Å². The van der Waals surface area contributed by atoms with Crippen LogP contribution in [0.1, 0.15) is 18.5 Å². The molecule has 2 rings (SSSR count). The maximum atomic E-state index is 11.1. The van der Waals surface area contributed by atoms with Crippen LogP contribution in [-0.2, 0) is 4.79 Å². The van der Waals surface area contributed by atoms with Gasteiger partial charge in [-0.15, -0.1) is 0 Å². The van der Waals surface area contributed by atoms with Crippen molar-refractivity contribution in [1.82, 2.24) is 15.3 Å². The summed E-state index contributed by atoms with van der Waals surface area (Å²) in [4.78, 5) is 29.1. The van der Waals surface area contributed by atoms with Crippen molar-refractivity contribution in [2.75, 3.05) is 11.9 Å². The van der Waals surface area contributed by atoms with Crippen molar-refractivity contribution in [3.63, 3.8) is 0 Å². The predicted molar refractivity (Wildman–Crippen MR) is 68.1 cm³/mol. The number of aromatic nitrogens is 2. The van der Waals surface area contributed by atoms with Gasteiger partial charge in [0.2, 0.25) is 17.0 Å². The Bertz CT molecular complexity index is 526. The number of amides is 1. The van der Waals surface area contributed by atoms with Gasteiger partial charge < -0.3 is 10.6 Å². The molecule has 1 fully saturated rings. The summed E-state index contributed by atoms with van der Waals surface area (Å²) in [5, 5.41) is 16.6. The number of hydrogen-bond acceptors (Lipinski definition) is 6. The number of piperidine rings is 1. The van der Waals surface area contributed by atoms with Crippen LogP contribution in [0.15, 0.2) is 0 Å². The summed E-state index contributed by atoms with van der Waals surface area (Å²) < 4.78 is 0. The van der Waals surface area contributed by atoms with Crippen LogP contribution < -0.4 is 10.6 Å². The number of anilines is 1. The first kappa shape index (κ1) is 13.5. The topological polar surface area (TPSA) is 110 Å². The lowest BCUT2D eigenvalue weighted by molar-refractivity contribution is -0.385. The fourth-order valence-corrected chi connectivity index (χ4v) is 2.11. The second-order valence-electron chi connectivity index (χ2n) is 4.22. The number of carbonyl (C=O) groups is 1. The zero-order valence-electron chi connectivity index (χ0n) is 10.1. The lowest BCUT2D eigenvalue weighted by Gasteiger charge is -2.23. The quantitative estimate of drug-likeness (QED) is 0.488. The Hall–Kier alpha value is -1.96. The second kappa shape index (κ2) is 5.35. The molecule has 0 radical (unpaired) electrons. The molecule has 2 N–H and O–H groups in total. The van der Waals surface area contributed by atoms with Gasteiger partial charge in [0.25, 0.3) is 0 Å². The molecule has 2 heterocycles. The van der Waals surface area contributed by atoms with Crippen LogP contribution in [0.4, 0.5) is 11.5 Å². The predicted octanol–water partition coefficient (Wildman–Crippen LogP) is 1.04. The fourth-order valence-electron chi connectivity index (χ4n) is 1.90. The summed E-state index contributed by atoms with van der Waals surface area (Å²) in [6.07, 6.45) is 0.965. The number of carbonyl (C=O) groups excluding carboxylic acids is 1. The Labute approximate surface area is 113 Å². The monoisotopic (exact) mass is 285 g/mol. The second-order valence-corrected chi connectivity index (χ2v) is 4.55. The number of aryl methyl sites for hydroxylation is 1. The van der Waals surface area contributed by atoms with Crippen molar-refractivity contribution in [2.45, 2.75) is 25.8 Å². The molecule has 0 saturated carbocycles. The van der Waals surface area contributed by atoms with Crippen molar-refractivity contribution in [3.05, 3.63) is 21.1 Å². The van der Waals surface area contributed by atoms with Crippen LogP contribution in [0.3, 0.4) is 0 Å². The van der Waals surface area contributed by atoms with Gasteiger partial charge in [0.05, 0.1) is 4.92 Å². The summed E-state index contributed by atoms with van der Waals surface area (Å²) in [6, 6.07) is -0.109. The summed E-state index contributed by atoms with van der Waals surface area (Å²) in [5.41, 5.74) is 0.00800. The molecule has 8 nitrogen and oxygen atoms in total. The first-order chi connectivity index (χ1) is 8.97. The van der Waals surface area contributed by atoms with Gasteiger partial charge in [-0.1, -0.05) is 0 Å². The molecule has 0 bridgehead atoms. The van der Waals surface area contributed by atoms with Crippen LogP contribution >= 0.6 is 11.6 Å². The number of nitrogens with one attached hydrogen (secondary N) is 2. The number of rotatable bonds is 3. The van der Waals surface area contributed by atoms with E-state index in [0.29, 0.717) is 19.4 Å². The van der Waals surface area contributed by atoms with E-state index in [1.807, 2.05) is 0 Å². The molecule has 102 valence electrons. The first-order valence-corrected chi connectivity index (χ1v) is 6.07. The van der Waals surface area contributed by atoms with E-state index in [9.17, 15) is 14.9 Å². The minimum atomic E-state index is -0.546. The third kappa shape index (κ3) is 3.08. The normalized spacial score (nSPS) is 18.8. The molecule has 1 aromatic heterocycles. The Balaban J connectivity index is 2.24. The first-order valence-electron chi connectivity index (χ1n) is 5.69. The third-order valence-corrected chi connectivity index (χ3v) is 2.99. The largest absolute Gasteiger partial charge is 0.360 e. The van der Waals surface area contributed by atoms with Crippen molar-refractivity contribution in [2.24, 2.45) is 0 Å². The van der Waals surface area contributed by atoms with E-state index in [0.717, 1.165) is 0 Å². The zero-order valence-corrected chi connectivity index (χ0v) is 10.9. The minimum Gasteiger partial charge on any atom is -0.360 e. The lowest BCUT2D eigenvalue weighted by atomic mass is 10.1. The fraction of sp³-hybridized carbons (Fsp3) is 0.500. The molecule has 0 aromatic carbocycles. The summed E-state index contributed by atoms with van der Waals surface area (Å²) in [7, 11) is 0. The molecule has 1 aliphatic rings. The molecule has 1 atom stereocenters. The van der Waals surface area contributed by atoms with Crippen molar-refractivity contribution >= 4 is 29.0 Å². The Morgan fingerprint density at radius 1 is 1.53 bits per heavy atom. The van der Waals surface area contributed by atoms with Crippen molar-refractivity contribution < 1.29 is 9.72 Å². The number of nitrogens with zero attached hydrogens (tertiary/aromatic N) is 3. The van der Waals surface area contributed by atoms with Gasteiger partial charge in [0, 0.05) is 19.0 Å². The highest BCUT2D eigenvalue weighted by molar-refractivity contribution is 6.28. The number of hydrogen-bond donors (Lipinski definition) is 2. The highest BCUT2D eigenvalue weighted by Crippen LogP contribution is 2.27.